The van der Waals surface area contributed by atoms with E-state index < -0.39 is 12.1 Å². The molecule has 0 aliphatic rings. The van der Waals surface area contributed by atoms with Crippen molar-refractivity contribution < 1.29 is 24.2 Å². The minimum Gasteiger partial charge on any atom is -0.496 e. The average Bonchev–Trinajstić information content (AvgIpc) is 3.24. The van der Waals surface area contributed by atoms with Crippen molar-refractivity contribution >= 4 is 23.2 Å². The number of hydrogen-bond donors (Lipinski definition) is 2. The van der Waals surface area contributed by atoms with Crippen molar-refractivity contribution in [3.05, 3.63) is 70.2 Å². The number of methoxy groups -OCH3 is 1. The molecule has 0 aliphatic heterocycles. The summed E-state index contributed by atoms with van der Waals surface area (Å²) in [6.45, 7) is 5.85. The van der Waals surface area contributed by atoms with Crippen molar-refractivity contribution in [3.8, 4) is 16.3 Å². The first-order valence-corrected chi connectivity index (χ1v) is 12.4. The second kappa shape index (κ2) is 12.5. The maximum absolute atomic E-state index is 12.9. The lowest BCUT2D eigenvalue weighted by atomic mass is 10.0. The standard InChI is InChI=1S/C27H32N2O5S/c1-17(2)34-23(27(31)32)12-8-9-19-13-14-22(33-4)21(15-19)16-28-25(30)24-18(3)35-26(29-24)20-10-6-5-7-11-20/h5-7,10-11,13-15,17,23H,8-9,12,16H2,1-4H3,(H,28,30)(H,31,32). The van der Waals surface area contributed by atoms with E-state index in [1.807, 2.05) is 69.3 Å². The molecule has 7 nitrogen and oxygen atoms in total. The number of amides is 1. The van der Waals surface area contributed by atoms with Crippen LogP contribution in [0.4, 0.5) is 0 Å². The first-order chi connectivity index (χ1) is 16.8. The lowest BCUT2D eigenvalue weighted by Crippen LogP contribution is -2.27. The Kier molecular flexibility index (Phi) is 9.39. The maximum atomic E-state index is 12.9. The predicted octanol–water partition coefficient (Wildman–Crippen LogP) is 5.26. The van der Waals surface area contributed by atoms with Gasteiger partial charge in [0.1, 0.15) is 16.5 Å². The molecule has 0 bridgehead atoms. The molecular formula is C27H32N2O5S. The van der Waals surface area contributed by atoms with E-state index in [0.29, 0.717) is 37.3 Å². The third-order valence-corrected chi connectivity index (χ3v) is 6.48. The second-order valence-corrected chi connectivity index (χ2v) is 9.73. The number of carboxylic acid groups (broad SMARTS) is 1. The van der Waals surface area contributed by atoms with Crippen LogP contribution in [-0.2, 0) is 22.5 Å². The highest BCUT2D eigenvalue weighted by molar-refractivity contribution is 7.15. The van der Waals surface area contributed by atoms with Crippen LogP contribution in [0.25, 0.3) is 10.6 Å². The largest absolute Gasteiger partial charge is 0.496 e. The van der Waals surface area contributed by atoms with Gasteiger partial charge in [-0.15, -0.1) is 11.3 Å². The van der Waals surface area contributed by atoms with Crippen molar-refractivity contribution in [3.63, 3.8) is 0 Å². The smallest absolute Gasteiger partial charge is 0.332 e. The Morgan fingerprint density at radius 1 is 1.14 bits per heavy atom. The minimum absolute atomic E-state index is 0.141. The van der Waals surface area contributed by atoms with Gasteiger partial charge in [0.05, 0.1) is 13.2 Å². The number of benzene rings is 2. The van der Waals surface area contributed by atoms with Gasteiger partial charge in [-0.2, -0.15) is 0 Å². The molecule has 3 rings (SSSR count). The summed E-state index contributed by atoms with van der Waals surface area (Å²) < 4.78 is 11.0. The number of nitrogens with one attached hydrogen (secondary N) is 1. The lowest BCUT2D eigenvalue weighted by molar-refractivity contribution is -0.153. The molecule has 3 aromatic rings. The summed E-state index contributed by atoms with van der Waals surface area (Å²) in [5.74, 6) is -0.492. The monoisotopic (exact) mass is 496 g/mol. The van der Waals surface area contributed by atoms with Gasteiger partial charge in [-0.3, -0.25) is 4.79 Å². The van der Waals surface area contributed by atoms with Gasteiger partial charge in [-0.1, -0.05) is 42.5 Å². The number of carboxylic acids is 1. The van der Waals surface area contributed by atoms with E-state index in [4.69, 9.17) is 9.47 Å². The molecule has 1 heterocycles. The molecule has 1 aromatic heterocycles. The third-order valence-electron chi connectivity index (χ3n) is 5.46. The summed E-state index contributed by atoms with van der Waals surface area (Å²) in [5.41, 5.74) is 3.30. The minimum atomic E-state index is -0.940. The van der Waals surface area contributed by atoms with Crippen molar-refractivity contribution in [2.75, 3.05) is 7.11 Å². The molecule has 0 radical (unpaired) electrons. The topological polar surface area (TPSA) is 97.8 Å². The molecule has 0 aliphatic carbocycles. The third kappa shape index (κ3) is 7.37. The van der Waals surface area contributed by atoms with Crippen LogP contribution in [0.3, 0.4) is 0 Å². The van der Waals surface area contributed by atoms with E-state index in [9.17, 15) is 14.7 Å². The fourth-order valence-electron chi connectivity index (χ4n) is 3.77. The number of carbonyl (C=O) groups is 2. The maximum Gasteiger partial charge on any atom is 0.332 e. The molecule has 186 valence electrons. The lowest BCUT2D eigenvalue weighted by Gasteiger charge is -2.16. The van der Waals surface area contributed by atoms with E-state index in [2.05, 4.69) is 10.3 Å². The van der Waals surface area contributed by atoms with Crippen LogP contribution >= 0.6 is 11.3 Å². The zero-order chi connectivity index (χ0) is 25.4. The van der Waals surface area contributed by atoms with Gasteiger partial charge < -0.3 is 19.9 Å². The van der Waals surface area contributed by atoms with Gasteiger partial charge in [-0.25, -0.2) is 9.78 Å². The molecule has 1 unspecified atom stereocenters. The summed E-state index contributed by atoms with van der Waals surface area (Å²) in [4.78, 5) is 29.7. The van der Waals surface area contributed by atoms with Crippen molar-refractivity contribution in [2.45, 2.75) is 58.8 Å². The predicted molar refractivity (Wildman–Crippen MR) is 137 cm³/mol. The van der Waals surface area contributed by atoms with Crippen LogP contribution in [0.5, 0.6) is 5.75 Å². The Morgan fingerprint density at radius 3 is 2.54 bits per heavy atom. The van der Waals surface area contributed by atoms with Crippen molar-refractivity contribution in [1.29, 1.82) is 0 Å². The summed E-state index contributed by atoms with van der Waals surface area (Å²) >= 11 is 1.50. The van der Waals surface area contributed by atoms with E-state index >= 15 is 0 Å². The highest BCUT2D eigenvalue weighted by atomic mass is 32.1. The van der Waals surface area contributed by atoms with Gasteiger partial charge >= 0.3 is 5.97 Å². The number of hydrogen-bond acceptors (Lipinski definition) is 6. The molecule has 1 amide bonds. The average molecular weight is 497 g/mol. The summed E-state index contributed by atoms with van der Waals surface area (Å²) in [7, 11) is 1.59. The van der Waals surface area contributed by atoms with Gasteiger partial charge in [0.15, 0.2) is 6.10 Å². The van der Waals surface area contributed by atoms with Crippen LogP contribution in [0, 0.1) is 6.92 Å². The number of rotatable bonds is 12. The van der Waals surface area contributed by atoms with Crippen LogP contribution in [-0.4, -0.2) is 41.3 Å². The highest BCUT2D eigenvalue weighted by Gasteiger charge is 2.20. The number of aryl methyl sites for hydroxylation is 2. The summed E-state index contributed by atoms with van der Waals surface area (Å²) in [6, 6.07) is 15.6. The molecular weight excluding hydrogens is 464 g/mol. The molecule has 0 fully saturated rings. The van der Waals surface area contributed by atoms with E-state index in [1.54, 1.807) is 7.11 Å². The number of nitrogens with zero attached hydrogens (tertiary/aromatic N) is 1. The van der Waals surface area contributed by atoms with Gasteiger partial charge in [0.2, 0.25) is 0 Å². The molecule has 0 spiro atoms. The van der Waals surface area contributed by atoms with E-state index in [1.165, 1.54) is 11.3 Å². The Labute approximate surface area is 210 Å². The second-order valence-electron chi connectivity index (χ2n) is 8.52. The fraction of sp³-hybridized carbons (Fsp3) is 0.370. The molecule has 0 saturated carbocycles. The number of thiazole rings is 1. The Bertz CT molecular complexity index is 1140. The number of aliphatic carboxylic acids is 1. The first kappa shape index (κ1) is 26.4. The Balaban J connectivity index is 1.64. The summed E-state index contributed by atoms with van der Waals surface area (Å²) in [5, 5.41) is 13.1. The number of aromatic nitrogens is 1. The molecule has 8 heteroatoms. The quantitative estimate of drug-likeness (QED) is 0.355. The normalized spacial score (nSPS) is 11.9. The SMILES string of the molecule is COc1ccc(CCCC(OC(C)C)C(=O)O)cc1CNC(=O)c1nc(-c2ccccc2)sc1C. The van der Waals surface area contributed by atoms with Crippen LogP contribution < -0.4 is 10.1 Å². The molecule has 0 saturated heterocycles. The van der Waals surface area contributed by atoms with Crippen LogP contribution in [0.1, 0.15) is 53.2 Å². The van der Waals surface area contributed by atoms with E-state index in [0.717, 1.165) is 26.6 Å². The number of carbonyl (C=O) groups excluding carboxylic acids is 1. The molecule has 1 atom stereocenters. The molecule has 35 heavy (non-hydrogen) atoms. The van der Waals surface area contributed by atoms with E-state index in [-0.39, 0.29) is 12.0 Å². The van der Waals surface area contributed by atoms with Crippen LogP contribution in [0.2, 0.25) is 0 Å². The van der Waals surface area contributed by atoms with Crippen LogP contribution in [0.15, 0.2) is 48.5 Å². The van der Waals surface area contributed by atoms with Gasteiger partial charge in [-0.05, 0) is 51.7 Å². The highest BCUT2D eigenvalue weighted by Crippen LogP contribution is 2.28. The molecule has 2 aromatic carbocycles. The zero-order valence-corrected chi connectivity index (χ0v) is 21.4. The fourth-order valence-corrected chi connectivity index (χ4v) is 4.68. The van der Waals surface area contributed by atoms with Gasteiger partial charge in [0.25, 0.3) is 5.91 Å². The zero-order valence-electron chi connectivity index (χ0n) is 20.5. The number of ether oxygens (including phenoxy) is 2. The Morgan fingerprint density at radius 2 is 1.89 bits per heavy atom. The Hall–Kier alpha value is -3.23. The van der Waals surface area contributed by atoms with Crippen molar-refractivity contribution in [2.24, 2.45) is 0 Å². The molecule has 2 N–H and O–H groups in total. The summed E-state index contributed by atoms with van der Waals surface area (Å²) in [6.07, 6.45) is 0.842. The van der Waals surface area contributed by atoms with Gasteiger partial charge in [0, 0.05) is 22.5 Å². The van der Waals surface area contributed by atoms with Crippen molar-refractivity contribution in [1.82, 2.24) is 10.3 Å². The first-order valence-electron chi connectivity index (χ1n) is 11.6.